The van der Waals surface area contributed by atoms with Gasteiger partial charge in [0.15, 0.2) is 0 Å². The molecule has 1 heterocycles. The predicted molar refractivity (Wildman–Crippen MR) is 86.5 cm³/mol. The minimum atomic E-state index is 0.545. The second kappa shape index (κ2) is 7.01. The summed E-state index contributed by atoms with van der Waals surface area (Å²) in [6.07, 6.45) is 3.94. The van der Waals surface area contributed by atoms with Gasteiger partial charge in [0.05, 0.1) is 11.1 Å². The molecule has 0 N–H and O–H groups in total. The minimum absolute atomic E-state index is 0.545. The molecule has 5 heteroatoms. The Bertz CT molecular complexity index is 630. The number of aromatic nitrogens is 2. The van der Waals surface area contributed by atoms with Crippen LogP contribution in [-0.4, -0.2) is 26.9 Å². The van der Waals surface area contributed by atoms with Crippen molar-refractivity contribution in [2.45, 2.75) is 31.6 Å². The monoisotopic (exact) mass is 307 g/mol. The summed E-state index contributed by atoms with van der Waals surface area (Å²) in [6.45, 7) is 3.14. The van der Waals surface area contributed by atoms with Crippen LogP contribution in [0, 0.1) is 11.3 Å². The van der Waals surface area contributed by atoms with Crippen LogP contribution in [0.15, 0.2) is 18.2 Å². The van der Waals surface area contributed by atoms with Gasteiger partial charge in [-0.05, 0) is 24.8 Å². The lowest BCUT2D eigenvalue weighted by molar-refractivity contribution is 0.628. The van der Waals surface area contributed by atoms with E-state index >= 15 is 0 Å². The number of benzene rings is 1. The number of nitrogens with zero attached hydrogens (tertiary/aromatic N) is 3. The van der Waals surface area contributed by atoms with E-state index < -0.39 is 0 Å². The maximum absolute atomic E-state index is 9.19. The van der Waals surface area contributed by atoms with Crippen LogP contribution in [0.5, 0.6) is 0 Å². The number of rotatable bonds is 6. The van der Waals surface area contributed by atoms with Crippen LogP contribution in [0.25, 0.3) is 11.0 Å². The van der Waals surface area contributed by atoms with Crippen molar-refractivity contribution in [3.63, 3.8) is 0 Å². The topological polar surface area (TPSA) is 41.6 Å². The van der Waals surface area contributed by atoms with E-state index in [-0.39, 0.29) is 0 Å². The zero-order chi connectivity index (χ0) is 14.5. The van der Waals surface area contributed by atoms with Gasteiger partial charge < -0.3 is 4.57 Å². The largest absolute Gasteiger partial charge is 0.328 e. The van der Waals surface area contributed by atoms with Crippen molar-refractivity contribution in [1.82, 2.24) is 9.55 Å². The lowest BCUT2D eigenvalue weighted by atomic mass is 10.2. The molecule has 1 aromatic carbocycles. The van der Waals surface area contributed by atoms with E-state index in [2.05, 4.69) is 28.8 Å². The van der Waals surface area contributed by atoms with E-state index in [4.69, 9.17) is 11.6 Å². The molecule has 3 nitrogen and oxygen atoms in total. The molecule has 2 rings (SSSR count). The van der Waals surface area contributed by atoms with Crippen LogP contribution in [0.3, 0.4) is 0 Å². The average Bonchev–Trinajstić information content (AvgIpc) is 2.82. The second-order valence-electron chi connectivity index (χ2n) is 4.74. The predicted octanol–water partition coefficient (Wildman–Crippen LogP) is 3.83. The normalized spacial score (nSPS) is 12.5. The maximum Gasteiger partial charge on any atom is 0.111 e. The Morgan fingerprint density at radius 2 is 2.30 bits per heavy atom. The number of halogens is 1. The summed E-state index contributed by atoms with van der Waals surface area (Å²) in [5.74, 6) is 1.52. The van der Waals surface area contributed by atoms with Crippen LogP contribution in [-0.2, 0) is 13.0 Å². The number of hydrogen-bond acceptors (Lipinski definition) is 3. The van der Waals surface area contributed by atoms with E-state index in [1.165, 1.54) is 0 Å². The highest BCUT2D eigenvalue weighted by Crippen LogP contribution is 2.22. The van der Waals surface area contributed by atoms with Crippen molar-refractivity contribution < 1.29 is 0 Å². The number of alkyl halides is 1. The number of para-hydroxylation sites is 1. The van der Waals surface area contributed by atoms with Gasteiger partial charge in [0.1, 0.15) is 17.4 Å². The number of aryl methyl sites for hydroxylation is 2. The van der Waals surface area contributed by atoms with Gasteiger partial charge in [-0.1, -0.05) is 13.0 Å². The highest BCUT2D eigenvalue weighted by atomic mass is 35.5. The third kappa shape index (κ3) is 3.11. The summed E-state index contributed by atoms with van der Waals surface area (Å²) in [7, 11) is 0. The molecule has 1 aromatic heterocycles. The Morgan fingerprint density at radius 1 is 1.50 bits per heavy atom. The van der Waals surface area contributed by atoms with E-state index in [0.29, 0.717) is 16.7 Å². The van der Waals surface area contributed by atoms with E-state index in [0.717, 1.165) is 36.2 Å². The summed E-state index contributed by atoms with van der Waals surface area (Å²) < 4.78 is 2.21. The second-order valence-corrected chi connectivity index (χ2v) is 6.39. The maximum atomic E-state index is 9.19. The Labute approximate surface area is 128 Å². The number of thioether (sulfide) groups is 1. The molecule has 0 aliphatic heterocycles. The summed E-state index contributed by atoms with van der Waals surface area (Å²) in [4.78, 5) is 4.63. The lowest BCUT2D eigenvalue weighted by Crippen LogP contribution is -2.08. The first-order valence-electron chi connectivity index (χ1n) is 6.68. The molecule has 0 spiro atoms. The van der Waals surface area contributed by atoms with Gasteiger partial charge in [-0.25, -0.2) is 4.98 Å². The van der Waals surface area contributed by atoms with E-state index in [9.17, 15) is 5.26 Å². The quantitative estimate of drug-likeness (QED) is 0.762. The molecular weight excluding hydrogens is 290 g/mol. The van der Waals surface area contributed by atoms with E-state index in [1.54, 1.807) is 0 Å². The van der Waals surface area contributed by atoms with Gasteiger partial charge in [0, 0.05) is 24.1 Å². The van der Waals surface area contributed by atoms with Gasteiger partial charge in [-0.15, -0.1) is 11.6 Å². The number of hydrogen-bond donors (Lipinski definition) is 0. The zero-order valence-electron chi connectivity index (χ0n) is 11.8. The summed E-state index contributed by atoms with van der Waals surface area (Å²) in [5.41, 5.74) is 2.47. The Balaban J connectivity index is 2.44. The molecule has 1 atom stereocenters. The third-order valence-electron chi connectivity index (χ3n) is 3.46. The Morgan fingerprint density at radius 3 is 2.95 bits per heavy atom. The molecule has 0 radical (unpaired) electrons. The van der Waals surface area contributed by atoms with Gasteiger partial charge in [0.25, 0.3) is 0 Å². The fourth-order valence-electron chi connectivity index (χ4n) is 2.24. The van der Waals surface area contributed by atoms with Crippen molar-refractivity contribution in [3.8, 4) is 6.07 Å². The highest BCUT2D eigenvalue weighted by molar-refractivity contribution is 7.99. The SMILES string of the molecule is CSC(C)CCn1c(CCCl)nc2c(C#N)cccc21. The smallest absolute Gasteiger partial charge is 0.111 e. The molecular formula is C15H18ClN3S. The van der Waals surface area contributed by atoms with Gasteiger partial charge in [0.2, 0.25) is 0 Å². The molecule has 0 bridgehead atoms. The number of imidazole rings is 1. The standard InChI is InChI=1S/C15H18ClN3S/c1-11(20-2)7-9-19-13-5-3-4-12(10-17)15(13)18-14(19)6-8-16/h3-5,11H,6-9H2,1-2H3. The molecule has 1 unspecified atom stereocenters. The van der Waals surface area contributed by atoms with Crippen LogP contribution in [0.2, 0.25) is 0 Å². The van der Waals surface area contributed by atoms with Crippen molar-refractivity contribution in [1.29, 1.82) is 5.26 Å². The molecule has 0 aliphatic carbocycles. The van der Waals surface area contributed by atoms with Crippen molar-refractivity contribution in [2.75, 3.05) is 12.1 Å². The van der Waals surface area contributed by atoms with Crippen molar-refractivity contribution in [3.05, 3.63) is 29.6 Å². The average molecular weight is 308 g/mol. The van der Waals surface area contributed by atoms with Crippen LogP contribution in [0.4, 0.5) is 0 Å². The van der Waals surface area contributed by atoms with Crippen LogP contribution < -0.4 is 0 Å². The van der Waals surface area contributed by atoms with Crippen LogP contribution in [0.1, 0.15) is 24.7 Å². The summed E-state index contributed by atoms with van der Waals surface area (Å²) in [5, 5.41) is 9.80. The first-order chi connectivity index (χ1) is 9.71. The van der Waals surface area contributed by atoms with Crippen molar-refractivity contribution >= 4 is 34.4 Å². The van der Waals surface area contributed by atoms with Gasteiger partial charge in [-0.3, -0.25) is 0 Å². The van der Waals surface area contributed by atoms with Crippen LogP contribution >= 0.6 is 23.4 Å². The zero-order valence-corrected chi connectivity index (χ0v) is 13.3. The van der Waals surface area contributed by atoms with Crippen molar-refractivity contribution in [2.24, 2.45) is 0 Å². The number of nitriles is 1. The molecule has 0 amide bonds. The number of fused-ring (bicyclic) bond motifs is 1. The first-order valence-corrected chi connectivity index (χ1v) is 8.50. The van der Waals surface area contributed by atoms with Gasteiger partial charge in [-0.2, -0.15) is 17.0 Å². The molecule has 0 fully saturated rings. The molecule has 2 aromatic rings. The Hall–Kier alpha value is -1.18. The lowest BCUT2D eigenvalue weighted by Gasteiger charge is -2.12. The molecule has 106 valence electrons. The molecule has 20 heavy (non-hydrogen) atoms. The fourth-order valence-corrected chi connectivity index (χ4v) is 2.75. The minimum Gasteiger partial charge on any atom is -0.328 e. The molecule has 0 saturated heterocycles. The molecule has 0 aliphatic rings. The highest BCUT2D eigenvalue weighted by Gasteiger charge is 2.13. The molecule has 0 saturated carbocycles. The third-order valence-corrected chi connectivity index (χ3v) is 4.69. The fraction of sp³-hybridized carbons (Fsp3) is 0.467. The summed E-state index contributed by atoms with van der Waals surface area (Å²) in [6, 6.07) is 7.98. The first kappa shape index (κ1) is 15.2. The van der Waals surface area contributed by atoms with E-state index in [1.807, 2.05) is 30.0 Å². The summed E-state index contributed by atoms with van der Waals surface area (Å²) >= 11 is 7.74. The van der Waals surface area contributed by atoms with Gasteiger partial charge >= 0.3 is 0 Å². The Kier molecular flexibility index (Phi) is 5.33.